The lowest BCUT2D eigenvalue weighted by Crippen LogP contribution is -1.90. The molecule has 82 valence electrons. The third-order valence-electron chi connectivity index (χ3n) is 2.94. The topological polar surface area (TPSA) is 31.5 Å². The van der Waals surface area contributed by atoms with E-state index in [9.17, 15) is 5.11 Å². The van der Waals surface area contributed by atoms with Crippen molar-refractivity contribution in [1.29, 1.82) is 0 Å². The van der Waals surface area contributed by atoms with E-state index < -0.39 is 0 Å². The van der Waals surface area contributed by atoms with Gasteiger partial charge < -0.3 is 5.11 Å². The average molecular weight is 215 g/mol. The van der Waals surface area contributed by atoms with Gasteiger partial charge in [0.1, 0.15) is 5.75 Å². The molecule has 0 bridgehead atoms. The fraction of sp³-hybridized carbons (Fsp3) is 0.214. The normalized spacial score (nSPS) is 10.7. The highest BCUT2D eigenvalue weighted by Crippen LogP contribution is 2.35. The molecule has 1 aromatic carbocycles. The number of phenolic OH excluding ortho intramolecular Hbond substituents is 1. The van der Waals surface area contributed by atoms with E-state index in [0.29, 0.717) is 5.75 Å². The average Bonchev–Trinajstić information content (AvgIpc) is 2.27. The maximum Gasteiger partial charge on any atom is 0.363 e. The number of fused-ring (bicyclic) bond motifs is 1. The minimum Gasteiger partial charge on any atom is -0.507 e. The Morgan fingerprint density at radius 3 is 2.56 bits per heavy atom. The predicted molar refractivity (Wildman–Crippen MR) is 66.6 cm³/mol. The lowest BCUT2D eigenvalue weighted by Gasteiger charge is -2.06. The molecule has 1 heterocycles. The summed E-state index contributed by atoms with van der Waals surface area (Å²) in [7, 11) is 0. The third-order valence-corrected chi connectivity index (χ3v) is 2.94. The van der Waals surface area contributed by atoms with Crippen LogP contribution in [0.25, 0.3) is 17.0 Å². The molecule has 2 nitrogen and oxygen atoms in total. The van der Waals surface area contributed by atoms with Crippen molar-refractivity contribution in [2.75, 3.05) is 0 Å². The number of aromatic hydroxyl groups is 1. The molecule has 1 aromatic heterocycles. The Kier molecular flexibility index (Phi) is 2.43. The Labute approximate surface area is 94.8 Å². The minimum absolute atomic E-state index is 0.292. The highest BCUT2D eigenvalue weighted by atomic mass is 16.3. The largest absolute Gasteiger partial charge is 0.507 e. The summed E-state index contributed by atoms with van der Waals surface area (Å²) in [6.45, 7) is 9.50. The summed E-state index contributed by atoms with van der Waals surface area (Å²) in [6.07, 6.45) is 3.38. The van der Waals surface area contributed by atoms with Crippen molar-refractivity contribution in [1.82, 2.24) is 0 Å². The van der Waals surface area contributed by atoms with Gasteiger partial charge in [-0.25, -0.2) is 4.42 Å². The molecule has 16 heavy (non-hydrogen) atoms. The summed E-state index contributed by atoms with van der Waals surface area (Å²) in [4.78, 5) is 0. The van der Waals surface area contributed by atoms with Gasteiger partial charge in [0.2, 0.25) is 0 Å². The molecular weight excluding hydrogens is 200 g/mol. The first kappa shape index (κ1) is 10.7. The minimum atomic E-state index is 0.292. The SMILES string of the molecule is C=Cc1c(O)c(C)c2cc(C)c[o+]c2c1C. The van der Waals surface area contributed by atoms with Gasteiger partial charge in [0.05, 0.1) is 10.9 Å². The van der Waals surface area contributed by atoms with Crippen molar-refractivity contribution in [3.63, 3.8) is 0 Å². The third kappa shape index (κ3) is 1.38. The molecule has 0 aliphatic rings. The van der Waals surface area contributed by atoms with Gasteiger partial charge in [-0.15, -0.1) is 0 Å². The molecule has 2 heteroatoms. The van der Waals surface area contributed by atoms with Gasteiger partial charge in [0, 0.05) is 16.7 Å². The van der Waals surface area contributed by atoms with Gasteiger partial charge in [0.15, 0.2) is 0 Å². The Bertz CT molecular complexity index is 583. The van der Waals surface area contributed by atoms with Gasteiger partial charge in [0.25, 0.3) is 0 Å². The monoisotopic (exact) mass is 215 g/mol. The zero-order chi connectivity index (χ0) is 11.9. The molecule has 0 atom stereocenters. The van der Waals surface area contributed by atoms with Gasteiger partial charge >= 0.3 is 11.8 Å². The predicted octanol–water partition coefficient (Wildman–Crippen LogP) is 3.99. The van der Waals surface area contributed by atoms with Crippen LogP contribution in [0.3, 0.4) is 0 Å². The smallest absolute Gasteiger partial charge is 0.363 e. The zero-order valence-corrected chi connectivity index (χ0v) is 9.79. The quantitative estimate of drug-likeness (QED) is 0.729. The van der Waals surface area contributed by atoms with Crippen LogP contribution in [0.1, 0.15) is 22.3 Å². The van der Waals surface area contributed by atoms with Gasteiger partial charge in [-0.1, -0.05) is 12.7 Å². The van der Waals surface area contributed by atoms with E-state index in [4.69, 9.17) is 4.42 Å². The lowest BCUT2D eigenvalue weighted by atomic mass is 9.98. The molecule has 0 amide bonds. The van der Waals surface area contributed by atoms with Crippen molar-refractivity contribution in [2.24, 2.45) is 0 Å². The summed E-state index contributed by atoms with van der Waals surface area (Å²) < 4.78 is 5.59. The second-order valence-electron chi connectivity index (χ2n) is 4.08. The fourth-order valence-corrected chi connectivity index (χ4v) is 1.99. The molecule has 0 fully saturated rings. The summed E-state index contributed by atoms with van der Waals surface area (Å²) in [5, 5.41) is 11.0. The number of rotatable bonds is 1. The van der Waals surface area contributed by atoms with Crippen molar-refractivity contribution >= 4 is 17.0 Å². The highest BCUT2D eigenvalue weighted by molar-refractivity contribution is 5.90. The molecule has 0 spiro atoms. The van der Waals surface area contributed by atoms with Crippen LogP contribution in [0.5, 0.6) is 5.75 Å². The number of phenols is 1. The van der Waals surface area contributed by atoms with Crippen LogP contribution < -0.4 is 0 Å². The molecular formula is C14H15O2+. The van der Waals surface area contributed by atoms with Crippen LogP contribution in [-0.2, 0) is 0 Å². The van der Waals surface area contributed by atoms with Crippen LogP contribution in [0, 0.1) is 20.8 Å². The van der Waals surface area contributed by atoms with E-state index in [2.05, 4.69) is 6.58 Å². The molecule has 2 rings (SSSR count). The molecule has 0 radical (unpaired) electrons. The summed E-state index contributed by atoms with van der Waals surface area (Å²) in [5.41, 5.74) is 4.37. The van der Waals surface area contributed by atoms with Crippen molar-refractivity contribution in [2.45, 2.75) is 20.8 Å². The number of aryl methyl sites for hydroxylation is 3. The fourth-order valence-electron chi connectivity index (χ4n) is 1.99. The van der Waals surface area contributed by atoms with E-state index in [0.717, 1.165) is 33.2 Å². The standard InChI is InChI=1S/C14H14O2/c1-5-11-10(4)14-12(9(3)13(11)15)6-8(2)7-16-14/h5-7H,1H2,2-4H3/p+1. The maximum atomic E-state index is 10.1. The van der Waals surface area contributed by atoms with Crippen LogP contribution in [0.2, 0.25) is 0 Å². The van der Waals surface area contributed by atoms with E-state index in [1.807, 2.05) is 26.8 Å². The van der Waals surface area contributed by atoms with Crippen LogP contribution in [-0.4, -0.2) is 5.11 Å². The van der Waals surface area contributed by atoms with E-state index in [1.165, 1.54) is 0 Å². The Hall–Kier alpha value is -1.83. The van der Waals surface area contributed by atoms with E-state index >= 15 is 0 Å². The lowest BCUT2D eigenvalue weighted by molar-refractivity contribution is 0.469. The van der Waals surface area contributed by atoms with Crippen molar-refractivity contribution in [3.05, 3.63) is 41.2 Å². The summed E-state index contributed by atoms with van der Waals surface area (Å²) in [5.74, 6) is 0.292. The molecule has 0 aliphatic carbocycles. The highest BCUT2D eigenvalue weighted by Gasteiger charge is 2.20. The first-order chi connectivity index (χ1) is 7.56. The molecule has 0 saturated carbocycles. The Morgan fingerprint density at radius 1 is 1.25 bits per heavy atom. The van der Waals surface area contributed by atoms with Gasteiger partial charge in [-0.2, -0.15) is 0 Å². The maximum absolute atomic E-state index is 10.1. The Balaban J connectivity index is 3.01. The zero-order valence-electron chi connectivity index (χ0n) is 9.79. The number of hydrogen-bond donors (Lipinski definition) is 1. The number of benzene rings is 1. The van der Waals surface area contributed by atoms with Gasteiger partial charge in [-0.05, 0) is 26.8 Å². The second-order valence-corrected chi connectivity index (χ2v) is 4.08. The first-order valence-corrected chi connectivity index (χ1v) is 5.23. The Morgan fingerprint density at radius 2 is 1.94 bits per heavy atom. The van der Waals surface area contributed by atoms with Crippen LogP contribution in [0.15, 0.2) is 23.3 Å². The van der Waals surface area contributed by atoms with E-state index in [-0.39, 0.29) is 0 Å². The van der Waals surface area contributed by atoms with E-state index in [1.54, 1.807) is 12.3 Å². The van der Waals surface area contributed by atoms with Crippen molar-refractivity contribution in [3.8, 4) is 5.75 Å². The van der Waals surface area contributed by atoms with Gasteiger partial charge in [-0.3, -0.25) is 0 Å². The second kappa shape index (κ2) is 3.63. The molecule has 0 aliphatic heterocycles. The summed E-state index contributed by atoms with van der Waals surface area (Å²) >= 11 is 0. The van der Waals surface area contributed by atoms with Crippen LogP contribution in [0.4, 0.5) is 0 Å². The number of hydrogen-bond acceptors (Lipinski definition) is 1. The van der Waals surface area contributed by atoms with Crippen LogP contribution >= 0.6 is 0 Å². The first-order valence-electron chi connectivity index (χ1n) is 5.23. The van der Waals surface area contributed by atoms with Crippen molar-refractivity contribution < 1.29 is 9.52 Å². The molecule has 2 aromatic rings. The summed E-state index contributed by atoms with van der Waals surface area (Å²) in [6, 6.07) is 2.02. The molecule has 0 saturated heterocycles. The molecule has 1 N–H and O–H groups in total. The molecule has 0 unspecified atom stereocenters.